The van der Waals surface area contributed by atoms with Crippen molar-refractivity contribution in [2.24, 2.45) is 0 Å². The van der Waals surface area contributed by atoms with E-state index >= 15 is 0 Å². The number of ether oxygens (including phenoxy) is 4. The second kappa shape index (κ2) is 9.71. The second-order valence-electron chi connectivity index (χ2n) is 10.3. The molecule has 11 rings (SSSR count). The smallest absolute Gasteiger partial charge is 0.395 e. The number of hydrogen-bond donors (Lipinski definition) is 0. The summed E-state index contributed by atoms with van der Waals surface area (Å²) < 4.78 is 21.6. The lowest BCUT2D eigenvalue weighted by atomic mass is 9.78. The summed E-state index contributed by atoms with van der Waals surface area (Å²) >= 11 is 0. The molecule has 0 aliphatic carbocycles. The highest BCUT2D eigenvalue weighted by Gasteiger charge is 2.25. The van der Waals surface area contributed by atoms with E-state index in [1.807, 2.05) is 48.5 Å². The van der Waals surface area contributed by atoms with Gasteiger partial charge in [-0.25, -0.2) is 9.59 Å². The van der Waals surface area contributed by atoms with Gasteiger partial charge < -0.3 is 18.9 Å². The van der Waals surface area contributed by atoms with Crippen LogP contribution in [0.3, 0.4) is 0 Å². The zero-order valence-electron chi connectivity index (χ0n) is 21.7. The van der Waals surface area contributed by atoms with E-state index in [9.17, 15) is 9.59 Å². The van der Waals surface area contributed by atoms with Crippen LogP contribution in [0, 0.1) is 0 Å². The van der Waals surface area contributed by atoms with Crippen molar-refractivity contribution in [1.82, 2.24) is 0 Å². The summed E-state index contributed by atoms with van der Waals surface area (Å²) in [6.45, 7) is 8.33. The van der Waals surface area contributed by atoms with Crippen molar-refractivity contribution < 1.29 is 28.5 Å². The molecule has 192 valence electrons. The Morgan fingerprint density at radius 1 is 0.368 bits per heavy atom. The predicted octanol–water partition coefficient (Wildman–Crippen LogP) is 7.81. The molecule has 7 aliphatic rings. The normalized spacial score (nSPS) is 16.2. The highest BCUT2D eigenvalue weighted by Crippen LogP contribution is 2.35. The Labute approximate surface area is 221 Å². The van der Waals surface area contributed by atoms with E-state index in [1.165, 1.54) is 0 Å². The van der Waals surface area contributed by atoms with Crippen molar-refractivity contribution in [2.75, 3.05) is 0 Å². The molecule has 4 aromatic carbocycles. The van der Waals surface area contributed by atoms with Gasteiger partial charge in [-0.15, -0.1) is 0 Å². The Morgan fingerprint density at radius 3 is 0.737 bits per heavy atom. The lowest BCUT2D eigenvalue weighted by Crippen LogP contribution is -2.20. The molecule has 0 aromatic heterocycles. The van der Waals surface area contributed by atoms with Gasteiger partial charge in [0.15, 0.2) is 0 Å². The predicted molar refractivity (Wildman–Crippen MR) is 143 cm³/mol. The van der Waals surface area contributed by atoms with Crippen LogP contribution in [-0.2, 0) is 10.8 Å². The van der Waals surface area contributed by atoms with E-state index in [1.54, 1.807) is 48.5 Å². The van der Waals surface area contributed by atoms with Crippen molar-refractivity contribution in [3.05, 3.63) is 119 Å². The Bertz CT molecular complexity index is 1230. The van der Waals surface area contributed by atoms with Crippen LogP contribution >= 0.6 is 0 Å². The molecule has 38 heavy (non-hydrogen) atoms. The maximum Gasteiger partial charge on any atom is 0.519 e. The van der Waals surface area contributed by atoms with Crippen LogP contribution in [0.1, 0.15) is 49.9 Å². The van der Waals surface area contributed by atoms with Crippen molar-refractivity contribution in [3.8, 4) is 23.0 Å². The summed E-state index contributed by atoms with van der Waals surface area (Å²) in [6.07, 6.45) is -1.61. The molecule has 4 aromatic rings. The first-order valence-corrected chi connectivity index (χ1v) is 12.3. The van der Waals surface area contributed by atoms with Crippen molar-refractivity contribution in [3.63, 3.8) is 0 Å². The maximum absolute atomic E-state index is 12.4. The molecule has 0 atom stereocenters. The minimum Gasteiger partial charge on any atom is -0.395 e. The SMILES string of the molecule is CC1(C)c2ccc(cc2)OC(=O)Oc2ccc(cc2)C(C)(C)c2ccc(cc2)OC(=O)Oc2ccc1cc2. The average molecular weight is 509 g/mol. The molecular formula is C32H28O6. The molecule has 0 unspecified atom stereocenters. The molecule has 0 amide bonds. The molecular weight excluding hydrogens is 480 g/mol. The van der Waals surface area contributed by atoms with Gasteiger partial charge in [0.1, 0.15) is 23.0 Å². The molecule has 8 bridgehead atoms. The molecule has 0 saturated heterocycles. The highest BCUT2D eigenvalue weighted by molar-refractivity contribution is 5.68. The first kappa shape index (κ1) is 25.1. The number of carbonyl (C=O) groups excluding carboxylic acids is 2. The van der Waals surface area contributed by atoms with Gasteiger partial charge in [0.05, 0.1) is 0 Å². The third-order valence-electron chi connectivity index (χ3n) is 7.11. The fourth-order valence-electron chi connectivity index (χ4n) is 4.52. The average Bonchev–Trinajstić information content (AvgIpc) is 2.89. The van der Waals surface area contributed by atoms with Crippen molar-refractivity contribution in [1.29, 1.82) is 0 Å². The molecule has 7 heterocycles. The summed E-state index contributed by atoms with van der Waals surface area (Å²) in [5, 5.41) is 0. The van der Waals surface area contributed by atoms with E-state index in [-0.39, 0.29) is 10.8 Å². The summed E-state index contributed by atoms with van der Waals surface area (Å²) in [5.74, 6) is 1.53. The maximum atomic E-state index is 12.4. The lowest BCUT2D eigenvalue weighted by molar-refractivity contribution is 0.150. The highest BCUT2D eigenvalue weighted by atomic mass is 16.7. The monoisotopic (exact) mass is 508 g/mol. The Balaban J connectivity index is 1.49. The fraction of sp³-hybridized carbons (Fsp3) is 0.188. The van der Waals surface area contributed by atoms with Gasteiger partial charge in [0.2, 0.25) is 0 Å². The third-order valence-corrected chi connectivity index (χ3v) is 7.11. The summed E-state index contributed by atoms with van der Waals surface area (Å²) in [5.41, 5.74) is 3.35. The minimum absolute atomic E-state index is 0.358. The van der Waals surface area contributed by atoms with Crippen molar-refractivity contribution in [2.45, 2.75) is 38.5 Å². The van der Waals surface area contributed by atoms with Crippen molar-refractivity contribution >= 4 is 12.3 Å². The fourth-order valence-corrected chi connectivity index (χ4v) is 4.52. The summed E-state index contributed by atoms with van der Waals surface area (Å²) in [4.78, 5) is 24.8. The van der Waals surface area contributed by atoms with E-state index in [0.717, 1.165) is 22.3 Å². The van der Waals surface area contributed by atoms with Gasteiger partial charge >= 0.3 is 12.3 Å². The molecule has 0 N–H and O–H groups in total. The topological polar surface area (TPSA) is 71.1 Å². The van der Waals surface area contributed by atoms with Gasteiger partial charge in [0, 0.05) is 10.8 Å². The first-order chi connectivity index (χ1) is 18.1. The minimum atomic E-state index is -0.806. The zero-order valence-corrected chi connectivity index (χ0v) is 21.7. The van der Waals surface area contributed by atoms with Gasteiger partial charge in [-0.2, -0.15) is 0 Å². The first-order valence-electron chi connectivity index (χ1n) is 12.3. The van der Waals surface area contributed by atoms with E-state index in [4.69, 9.17) is 18.9 Å². The van der Waals surface area contributed by atoms with Gasteiger partial charge in [0.25, 0.3) is 0 Å². The van der Waals surface area contributed by atoms with Crippen LogP contribution in [0.5, 0.6) is 23.0 Å². The summed E-state index contributed by atoms with van der Waals surface area (Å²) in [6, 6.07) is 29.2. The van der Waals surface area contributed by atoms with Crippen LogP contribution in [-0.4, -0.2) is 12.3 Å². The van der Waals surface area contributed by atoms with Crippen LogP contribution in [0.2, 0.25) is 0 Å². The zero-order chi connectivity index (χ0) is 26.9. The van der Waals surface area contributed by atoms with E-state index < -0.39 is 12.3 Å². The lowest BCUT2D eigenvalue weighted by Gasteiger charge is -2.26. The Morgan fingerprint density at radius 2 is 0.553 bits per heavy atom. The van der Waals surface area contributed by atoms with Crippen LogP contribution in [0.25, 0.3) is 0 Å². The molecule has 0 saturated carbocycles. The molecule has 6 nitrogen and oxygen atoms in total. The standard InChI is InChI=1S/C32H28O6/c1-31(2)21-5-13-25(14-6-21)35-29(33)37-27-17-9-23(10-18-27)32(3,4)24-11-19-28(20-12-24)38-30(34)36-26-15-7-22(31)8-16-26/h5-20H,1-4H3. The van der Waals surface area contributed by atoms with Crippen LogP contribution in [0.15, 0.2) is 97.1 Å². The summed E-state index contributed by atoms with van der Waals surface area (Å²) in [7, 11) is 0. The molecule has 7 aliphatic heterocycles. The molecule has 6 heteroatoms. The second-order valence-corrected chi connectivity index (χ2v) is 10.3. The van der Waals surface area contributed by atoms with Gasteiger partial charge in [-0.3, -0.25) is 0 Å². The van der Waals surface area contributed by atoms with Gasteiger partial charge in [-0.05, 0) is 70.8 Å². The quantitative estimate of drug-likeness (QED) is 0.178. The molecule has 0 spiro atoms. The van der Waals surface area contributed by atoms with E-state index in [2.05, 4.69) is 27.7 Å². The van der Waals surface area contributed by atoms with Crippen LogP contribution in [0.4, 0.5) is 9.59 Å². The number of hydrogen-bond acceptors (Lipinski definition) is 6. The molecule has 0 fully saturated rings. The van der Waals surface area contributed by atoms with E-state index in [0.29, 0.717) is 23.0 Å². The number of benzene rings is 4. The number of carbonyl (C=O) groups is 2. The Kier molecular flexibility index (Phi) is 6.41. The Hall–Kier alpha value is -4.58. The third kappa shape index (κ3) is 5.11. The largest absolute Gasteiger partial charge is 0.519 e. The van der Waals surface area contributed by atoms with Gasteiger partial charge in [-0.1, -0.05) is 76.2 Å². The number of rotatable bonds is 0. The van der Waals surface area contributed by atoms with Crippen LogP contribution < -0.4 is 18.9 Å². The molecule has 0 radical (unpaired) electrons.